The molecule has 1 fully saturated rings. The van der Waals surface area contributed by atoms with Crippen LogP contribution in [0.15, 0.2) is 24.3 Å². The van der Waals surface area contributed by atoms with Crippen LogP contribution in [0.2, 0.25) is 0 Å². The monoisotopic (exact) mass is 292 g/mol. The number of hydrogen-bond donors (Lipinski definition) is 3. The number of nitrogens with one attached hydrogen (secondary N) is 2. The van der Waals surface area contributed by atoms with E-state index in [-0.39, 0.29) is 18.4 Å². The topological polar surface area (TPSA) is 87.7 Å². The molecule has 1 saturated heterocycles. The van der Waals surface area contributed by atoms with Gasteiger partial charge in [0.15, 0.2) is 0 Å². The predicted octanol–water partition coefficient (Wildman–Crippen LogP) is 1.02. The summed E-state index contributed by atoms with van der Waals surface area (Å²) in [6, 6.07) is 7.27. The van der Waals surface area contributed by atoms with Gasteiger partial charge in [-0.25, -0.2) is 0 Å². The maximum atomic E-state index is 11.9. The first kappa shape index (κ1) is 15.5. The number of rotatable bonds is 6. The Balaban J connectivity index is 1.85. The lowest BCUT2D eigenvalue weighted by Crippen LogP contribution is -2.40. The molecule has 1 aromatic carbocycles. The highest BCUT2D eigenvalue weighted by atomic mass is 16.5. The summed E-state index contributed by atoms with van der Waals surface area (Å²) in [4.78, 5) is 22.5. The molecule has 1 atom stereocenters. The third kappa shape index (κ3) is 5.53. The van der Waals surface area contributed by atoms with Crippen molar-refractivity contribution in [2.24, 2.45) is 0 Å². The second kappa shape index (κ2) is 7.75. The van der Waals surface area contributed by atoms with Crippen LogP contribution in [0.1, 0.15) is 18.4 Å². The van der Waals surface area contributed by atoms with E-state index in [1.54, 1.807) is 12.1 Å². The first-order valence-corrected chi connectivity index (χ1v) is 7.06. The first-order chi connectivity index (χ1) is 10.1. The van der Waals surface area contributed by atoms with E-state index in [0.29, 0.717) is 31.7 Å². The number of aliphatic carboxylic acids is 1. The molecule has 0 aromatic heterocycles. The standard InChI is InChI=1S/C15H20N2O4/c18-14(9-13-10-16-6-7-21-13)17-12-3-1-2-11(8-12)4-5-15(19)20/h1-3,8,13,16H,4-7,9-10H2,(H,17,18)(H,19,20). The average Bonchev–Trinajstić information content (AvgIpc) is 2.46. The number of carbonyl (C=O) groups is 2. The van der Waals surface area contributed by atoms with Crippen LogP contribution in [0.4, 0.5) is 5.69 Å². The van der Waals surface area contributed by atoms with Crippen LogP contribution < -0.4 is 10.6 Å². The van der Waals surface area contributed by atoms with Gasteiger partial charge in [-0.1, -0.05) is 12.1 Å². The predicted molar refractivity (Wildman–Crippen MR) is 78.3 cm³/mol. The maximum absolute atomic E-state index is 11.9. The van der Waals surface area contributed by atoms with E-state index < -0.39 is 5.97 Å². The van der Waals surface area contributed by atoms with E-state index in [2.05, 4.69) is 10.6 Å². The third-order valence-corrected chi connectivity index (χ3v) is 3.26. The normalized spacial score (nSPS) is 18.2. The highest BCUT2D eigenvalue weighted by Crippen LogP contribution is 2.13. The Morgan fingerprint density at radius 2 is 2.29 bits per heavy atom. The number of carboxylic acids is 1. The molecule has 2 rings (SSSR count). The van der Waals surface area contributed by atoms with E-state index in [4.69, 9.17) is 9.84 Å². The number of amides is 1. The molecular formula is C15H20N2O4. The van der Waals surface area contributed by atoms with Crippen molar-refractivity contribution in [3.63, 3.8) is 0 Å². The zero-order valence-corrected chi connectivity index (χ0v) is 11.8. The Labute approximate surface area is 123 Å². The molecule has 3 N–H and O–H groups in total. The molecule has 1 aliphatic rings. The van der Waals surface area contributed by atoms with Crippen LogP contribution in [0.3, 0.4) is 0 Å². The Hall–Kier alpha value is -1.92. The molecule has 6 nitrogen and oxygen atoms in total. The minimum atomic E-state index is -0.827. The summed E-state index contributed by atoms with van der Waals surface area (Å²) in [5.41, 5.74) is 1.58. The molecule has 1 heterocycles. The van der Waals surface area contributed by atoms with Crippen LogP contribution in [-0.2, 0) is 20.7 Å². The fourth-order valence-electron chi connectivity index (χ4n) is 2.23. The quantitative estimate of drug-likeness (QED) is 0.728. The number of carboxylic acid groups (broad SMARTS) is 1. The molecule has 0 aliphatic carbocycles. The highest BCUT2D eigenvalue weighted by molar-refractivity contribution is 5.91. The summed E-state index contributed by atoms with van der Waals surface area (Å²) in [7, 11) is 0. The summed E-state index contributed by atoms with van der Waals surface area (Å²) in [6.07, 6.45) is 0.758. The highest BCUT2D eigenvalue weighted by Gasteiger charge is 2.17. The molecule has 0 saturated carbocycles. The van der Waals surface area contributed by atoms with Gasteiger partial charge < -0.3 is 20.5 Å². The fourth-order valence-corrected chi connectivity index (χ4v) is 2.23. The van der Waals surface area contributed by atoms with Gasteiger partial charge in [-0.2, -0.15) is 0 Å². The smallest absolute Gasteiger partial charge is 0.303 e. The van der Waals surface area contributed by atoms with E-state index in [1.165, 1.54) is 0 Å². The molecule has 1 aliphatic heterocycles. The van der Waals surface area contributed by atoms with Crippen molar-refractivity contribution < 1.29 is 19.4 Å². The summed E-state index contributed by atoms with van der Waals surface area (Å²) in [6.45, 7) is 2.14. The zero-order valence-electron chi connectivity index (χ0n) is 11.8. The second-order valence-corrected chi connectivity index (χ2v) is 5.04. The van der Waals surface area contributed by atoms with Gasteiger partial charge in [0, 0.05) is 25.2 Å². The van der Waals surface area contributed by atoms with Crippen LogP contribution in [0.25, 0.3) is 0 Å². The molecule has 0 bridgehead atoms. The molecule has 1 unspecified atom stereocenters. The number of aryl methyl sites for hydroxylation is 1. The maximum Gasteiger partial charge on any atom is 0.303 e. The molecule has 1 amide bonds. The molecule has 1 aromatic rings. The Bertz CT molecular complexity index is 498. The molecule has 0 spiro atoms. The lowest BCUT2D eigenvalue weighted by atomic mass is 10.1. The van der Waals surface area contributed by atoms with Gasteiger partial charge in [0.05, 0.1) is 19.1 Å². The van der Waals surface area contributed by atoms with E-state index >= 15 is 0 Å². The Kier molecular flexibility index (Phi) is 5.71. The number of carbonyl (C=O) groups excluding carboxylic acids is 1. The molecule has 21 heavy (non-hydrogen) atoms. The lowest BCUT2D eigenvalue weighted by molar-refractivity contribution is -0.137. The van der Waals surface area contributed by atoms with Crippen LogP contribution in [0.5, 0.6) is 0 Å². The fraction of sp³-hybridized carbons (Fsp3) is 0.467. The number of ether oxygens (including phenoxy) is 1. The van der Waals surface area contributed by atoms with Crippen molar-refractivity contribution in [3.05, 3.63) is 29.8 Å². The van der Waals surface area contributed by atoms with Gasteiger partial charge in [-0.15, -0.1) is 0 Å². The summed E-state index contributed by atoms with van der Waals surface area (Å²) >= 11 is 0. The zero-order chi connectivity index (χ0) is 15.1. The molecular weight excluding hydrogens is 272 g/mol. The van der Waals surface area contributed by atoms with Gasteiger partial charge in [-0.3, -0.25) is 9.59 Å². The SMILES string of the molecule is O=C(O)CCc1cccc(NC(=O)CC2CNCCO2)c1. The van der Waals surface area contributed by atoms with Gasteiger partial charge in [0.2, 0.25) is 5.91 Å². The van der Waals surface area contributed by atoms with Crippen molar-refractivity contribution in [1.82, 2.24) is 5.32 Å². The van der Waals surface area contributed by atoms with Crippen molar-refractivity contribution in [3.8, 4) is 0 Å². The molecule has 114 valence electrons. The number of hydrogen-bond acceptors (Lipinski definition) is 4. The van der Waals surface area contributed by atoms with Crippen LogP contribution >= 0.6 is 0 Å². The summed E-state index contributed by atoms with van der Waals surface area (Å²) in [5, 5.41) is 14.7. The van der Waals surface area contributed by atoms with E-state index in [9.17, 15) is 9.59 Å². The number of morpholine rings is 1. The van der Waals surface area contributed by atoms with Gasteiger partial charge in [-0.05, 0) is 24.1 Å². The summed E-state index contributed by atoms with van der Waals surface area (Å²) < 4.78 is 5.49. The van der Waals surface area contributed by atoms with Crippen molar-refractivity contribution in [2.75, 3.05) is 25.0 Å². The van der Waals surface area contributed by atoms with Crippen molar-refractivity contribution in [2.45, 2.75) is 25.4 Å². The third-order valence-electron chi connectivity index (χ3n) is 3.26. The van der Waals surface area contributed by atoms with Gasteiger partial charge in [0.1, 0.15) is 0 Å². The van der Waals surface area contributed by atoms with Gasteiger partial charge >= 0.3 is 5.97 Å². The first-order valence-electron chi connectivity index (χ1n) is 7.06. The minimum Gasteiger partial charge on any atom is -0.481 e. The van der Waals surface area contributed by atoms with Gasteiger partial charge in [0.25, 0.3) is 0 Å². The van der Waals surface area contributed by atoms with E-state index in [1.807, 2.05) is 12.1 Å². The Morgan fingerprint density at radius 1 is 1.43 bits per heavy atom. The number of benzene rings is 1. The molecule has 0 radical (unpaired) electrons. The Morgan fingerprint density at radius 3 is 3.00 bits per heavy atom. The number of anilines is 1. The van der Waals surface area contributed by atoms with Crippen molar-refractivity contribution in [1.29, 1.82) is 0 Å². The lowest BCUT2D eigenvalue weighted by Gasteiger charge is -2.23. The summed E-state index contributed by atoms with van der Waals surface area (Å²) in [5.74, 6) is -0.925. The largest absolute Gasteiger partial charge is 0.481 e. The second-order valence-electron chi connectivity index (χ2n) is 5.04. The van der Waals surface area contributed by atoms with E-state index in [0.717, 1.165) is 12.1 Å². The minimum absolute atomic E-state index is 0.0823. The van der Waals surface area contributed by atoms with Crippen LogP contribution in [0, 0.1) is 0 Å². The molecule has 6 heteroatoms. The van der Waals surface area contributed by atoms with Crippen LogP contribution in [-0.4, -0.2) is 42.8 Å². The average molecular weight is 292 g/mol. The van der Waals surface area contributed by atoms with Crippen molar-refractivity contribution >= 4 is 17.6 Å².